The Morgan fingerprint density at radius 1 is 1.33 bits per heavy atom. The first-order valence-corrected chi connectivity index (χ1v) is 5.54. The molecule has 1 heterocycles. The number of nitrogens with one attached hydrogen (secondary N) is 1. The van der Waals surface area contributed by atoms with Gasteiger partial charge in [0.15, 0.2) is 0 Å². The average Bonchev–Trinajstić information content (AvgIpc) is 2.38. The van der Waals surface area contributed by atoms with E-state index < -0.39 is 0 Å². The lowest BCUT2D eigenvalue weighted by Gasteiger charge is -2.07. The number of hydrogen-bond donors (Lipinski definition) is 2. The first-order valence-electron chi connectivity index (χ1n) is 5.16. The van der Waals surface area contributed by atoms with Gasteiger partial charge in [0.1, 0.15) is 5.82 Å². The zero-order valence-electron chi connectivity index (χ0n) is 9.61. The number of nitriles is 1. The number of aromatic nitrogens is 2. The van der Waals surface area contributed by atoms with E-state index in [1.165, 1.54) is 0 Å². The molecule has 6 heteroatoms. The molecule has 0 amide bonds. The van der Waals surface area contributed by atoms with Gasteiger partial charge in [-0.2, -0.15) is 10.2 Å². The standard InChI is InChI=1S/C12H10ClN5/c1-16-11-5-10(17-12(15)18-11)9-4-8(13)3-2-7(9)6-14/h2-5H,1H3,(H3,15,16,17,18). The van der Waals surface area contributed by atoms with Gasteiger partial charge in [-0.05, 0) is 18.2 Å². The van der Waals surface area contributed by atoms with Gasteiger partial charge in [0.25, 0.3) is 0 Å². The number of nitrogen functional groups attached to an aromatic ring is 1. The molecule has 18 heavy (non-hydrogen) atoms. The number of benzene rings is 1. The maximum atomic E-state index is 9.08. The van der Waals surface area contributed by atoms with Crippen LogP contribution in [0.4, 0.5) is 11.8 Å². The van der Waals surface area contributed by atoms with Gasteiger partial charge in [0.2, 0.25) is 5.95 Å². The highest BCUT2D eigenvalue weighted by Gasteiger charge is 2.09. The van der Waals surface area contributed by atoms with Crippen LogP contribution in [-0.2, 0) is 0 Å². The lowest BCUT2D eigenvalue weighted by molar-refractivity contribution is 1.18. The first kappa shape index (κ1) is 12.1. The fourth-order valence-corrected chi connectivity index (χ4v) is 1.73. The zero-order chi connectivity index (χ0) is 13.1. The summed E-state index contributed by atoms with van der Waals surface area (Å²) in [5, 5.41) is 12.5. The van der Waals surface area contributed by atoms with E-state index in [0.717, 1.165) is 0 Å². The molecular formula is C12H10ClN5. The molecule has 1 aromatic heterocycles. The van der Waals surface area contributed by atoms with E-state index in [1.807, 2.05) is 0 Å². The van der Waals surface area contributed by atoms with E-state index in [-0.39, 0.29) is 5.95 Å². The van der Waals surface area contributed by atoms with Crippen molar-refractivity contribution in [2.75, 3.05) is 18.1 Å². The highest BCUT2D eigenvalue weighted by molar-refractivity contribution is 6.30. The molecule has 90 valence electrons. The van der Waals surface area contributed by atoms with Gasteiger partial charge in [0.05, 0.1) is 17.3 Å². The molecule has 0 unspecified atom stereocenters. The van der Waals surface area contributed by atoms with Crippen LogP contribution in [0, 0.1) is 11.3 Å². The van der Waals surface area contributed by atoms with Gasteiger partial charge in [-0.15, -0.1) is 0 Å². The van der Waals surface area contributed by atoms with Gasteiger partial charge in [0, 0.05) is 23.7 Å². The molecule has 0 atom stereocenters. The van der Waals surface area contributed by atoms with Crippen molar-refractivity contribution in [1.29, 1.82) is 5.26 Å². The first-order chi connectivity index (χ1) is 8.63. The maximum absolute atomic E-state index is 9.08. The monoisotopic (exact) mass is 259 g/mol. The Labute approximate surface area is 109 Å². The van der Waals surface area contributed by atoms with Crippen LogP contribution in [0.15, 0.2) is 24.3 Å². The number of halogens is 1. The SMILES string of the molecule is CNc1cc(-c2cc(Cl)ccc2C#N)nc(N)n1. The molecule has 0 aliphatic carbocycles. The highest BCUT2D eigenvalue weighted by Crippen LogP contribution is 2.27. The zero-order valence-corrected chi connectivity index (χ0v) is 10.4. The largest absolute Gasteiger partial charge is 0.373 e. The highest BCUT2D eigenvalue weighted by atomic mass is 35.5. The average molecular weight is 260 g/mol. The van der Waals surface area contributed by atoms with E-state index in [4.69, 9.17) is 22.6 Å². The molecule has 2 rings (SSSR count). The second-order valence-corrected chi connectivity index (χ2v) is 3.98. The van der Waals surface area contributed by atoms with Gasteiger partial charge in [-0.3, -0.25) is 0 Å². The Balaban J connectivity index is 2.65. The van der Waals surface area contributed by atoms with Crippen LogP contribution in [0.1, 0.15) is 5.56 Å². The van der Waals surface area contributed by atoms with Crippen LogP contribution in [0.2, 0.25) is 5.02 Å². The van der Waals surface area contributed by atoms with E-state index in [0.29, 0.717) is 27.7 Å². The molecule has 0 bridgehead atoms. The minimum Gasteiger partial charge on any atom is -0.373 e. The molecule has 1 aromatic carbocycles. The van der Waals surface area contributed by atoms with Crippen LogP contribution in [0.3, 0.4) is 0 Å². The minimum atomic E-state index is 0.140. The predicted molar refractivity (Wildman–Crippen MR) is 71.2 cm³/mol. The number of nitrogens with zero attached hydrogens (tertiary/aromatic N) is 3. The molecule has 0 spiro atoms. The van der Waals surface area contributed by atoms with Crippen molar-refractivity contribution < 1.29 is 0 Å². The lowest BCUT2D eigenvalue weighted by Crippen LogP contribution is -2.01. The van der Waals surface area contributed by atoms with Crippen molar-refractivity contribution in [1.82, 2.24) is 9.97 Å². The van der Waals surface area contributed by atoms with E-state index in [1.54, 1.807) is 31.3 Å². The van der Waals surface area contributed by atoms with Gasteiger partial charge in [-0.1, -0.05) is 11.6 Å². The maximum Gasteiger partial charge on any atom is 0.222 e. The third-order valence-electron chi connectivity index (χ3n) is 2.38. The Hall–Kier alpha value is -2.32. The topological polar surface area (TPSA) is 87.6 Å². The van der Waals surface area contributed by atoms with Crippen molar-refractivity contribution in [3.8, 4) is 17.3 Å². The van der Waals surface area contributed by atoms with Crippen molar-refractivity contribution >= 4 is 23.4 Å². The van der Waals surface area contributed by atoms with Gasteiger partial charge < -0.3 is 11.1 Å². The normalized spacial score (nSPS) is 9.83. The molecule has 5 nitrogen and oxygen atoms in total. The van der Waals surface area contributed by atoms with Crippen molar-refractivity contribution in [3.63, 3.8) is 0 Å². The molecule has 3 N–H and O–H groups in total. The van der Waals surface area contributed by atoms with E-state index in [9.17, 15) is 0 Å². The summed E-state index contributed by atoms with van der Waals surface area (Å²) in [6, 6.07) is 8.80. The van der Waals surface area contributed by atoms with Crippen LogP contribution in [0.25, 0.3) is 11.3 Å². The fourth-order valence-electron chi connectivity index (χ4n) is 1.56. The second kappa shape index (κ2) is 4.90. The fraction of sp³-hybridized carbons (Fsp3) is 0.0833. The lowest BCUT2D eigenvalue weighted by atomic mass is 10.1. The summed E-state index contributed by atoms with van der Waals surface area (Å²) in [5.41, 5.74) is 7.31. The molecule has 2 aromatic rings. The summed E-state index contributed by atoms with van der Waals surface area (Å²) in [5.74, 6) is 0.724. The number of nitrogens with two attached hydrogens (primary N) is 1. The van der Waals surface area contributed by atoms with Crippen LogP contribution < -0.4 is 11.1 Å². The van der Waals surface area contributed by atoms with Gasteiger partial charge >= 0.3 is 0 Å². The van der Waals surface area contributed by atoms with E-state index >= 15 is 0 Å². The molecule has 0 saturated heterocycles. The molecule has 0 fully saturated rings. The third-order valence-corrected chi connectivity index (χ3v) is 2.61. The summed E-state index contributed by atoms with van der Waals surface area (Å²) in [4.78, 5) is 8.11. The van der Waals surface area contributed by atoms with Crippen molar-refractivity contribution in [2.24, 2.45) is 0 Å². The van der Waals surface area contributed by atoms with E-state index in [2.05, 4.69) is 21.4 Å². The Kier molecular flexibility index (Phi) is 3.31. The molecule has 0 radical (unpaired) electrons. The molecule has 0 saturated carbocycles. The second-order valence-electron chi connectivity index (χ2n) is 3.55. The predicted octanol–water partition coefficient (Wildman–Crippen LogP) is 2.29. The van der Waals surface area contributed by atoms with Crippen molar-refractivity contribution in [3.05, 3.63) is 34.9 Å². The van der Waals surface area contributed by atoms with Crippen LogP contribution >= 0.6 is 11.6 Å². The van der Waals surface area contributed by atoms with Crippen LogP contribution in [0.5, 0.6) is 0 Å². The number of anilines is 2. The third kappa shape index (κ3) is 2.34. The summed E-state index contributed by atoms with van der Waals surface area (Å²) in [7, 11) is 1.73. The van der Waals surface area contributed by atoms with Gasteiger partial charge in [-0.25, -0.2) is 4.98 Å². The molecule has 0 aliphatic rings. The summed E-state index contributed by atoms with van der Waals surface area (Å²) in [6.45, 7) is 0. The van der Waals surface area contributed by atoms with Crippen LogP contribution in [-0.4, -0.2) is 17.0 Å². The molecule has 0 aliphatic heterocycles. The summed E-state index contributed by atoms with van der Waals surface area (Å²) >= 11 is 5.94. The Bertz CT molecular complexity index is 633. The number of rotatable bonds is 2. The quantitative estimate of drug-likeness (QED) is 0.864. The Morgan fingerprint density at radius 3 is 2.78 bits per heavy atom. The number of hydrogen-bond acceptors (Lipinski definition) is 5. The minimum absolute atomic E-state index is 0.140. The smallest absolute Gasteiger partial charge is 0.222 e. The summed E-state index contributed by atoms with van der Waals surface area (Å²) < 4.78 is 0. The summed E-state index contributed by atoms with van der Waals surface area (Å²) in [6.07, 6.45) is 0. The van der Waals surface area contributed by atoms with Crippen molar-refractivity contribution in [2.45, 2.75) is 0 Å². The Morgan fingerprint density at radius 2 is 2.11 bits per heavy atom. The molecular weight excluding hydrogens is 250 g/mol.